The van der Waals surface area contributed by atoms with Crippen molar-refractivity contribution >= 4 is 82.8 Å². The lowest BCUT2D eigenvalue weighted by molar-refractivity contribution is -0.138. The second-order valence-corrected chi connectivity index (χ2v) is 21.3. The van der Waals surface area contributed by atoms with Gasteiger partial charge in [-0.3, -0.25) is 67.1 Å². The van der Waals surface area contributed by atoms with Crippen LogP contribution >= 0.6 is 0 Å². The van der Waals surface area contributed by atoms with E-state index in [0.29, 0.717) is 17.1 Å². The number of aliphatic hydroxyl groups excluding tert-OH is 1. The Bertz CT molecular complexity index is 3110. The second-order valence-electron chi connectivity index (χ2n) is 21.3. The zero-order valence-electron chi connectivity index (χ0n) is 50.2. The number of imidazole rings is 3. The number of nitrogens with one attached hydrogen (secondary N) is 15. The molecule has 0 aliphatic heterocycles. The molecule has 13 amide bonds. The van der Waals surface area contributed by atoms with E-state index in [4.69, 9.17) is 16.6 Å². The molecule has 21 N–H and O–H groups in total. The Morgan fingerprint density at radius 3 is 1.20 bits per heavy atom. The number of aromatic amines is 3. The second kappa shape index (κ2) is 37.3. The monoisotopic (exact) mass is 1270 g/mol. The lowest BCUT2D eigenvalue weighted by atomic mass is 10.0. The van der Waals surface area contributed by atoms with E-state index in [1.165, 1.54) is 37.6 Å². The lowest BCUT2D eigenvalue weighted by Gasteiger charge is -2.25. The topological polar surface area (TPSA) is 562 Å². The van der Waals surface area contributed by atoms with Gasteiger partial charge in [-0.25, -0.2) is 15.0 Å². The van der Waals surface area contributed by atoms with Crippen LogP contribution in [0.5, 0.6) is 0 Å². The molecule has 0 unspecified atom stereocenters. The molecular formula is C55H78N20O16. The van der Waals surface area contributed by atoms with E-state index in [-0.39, 0.29) is 25.7 Å². The molecule has 36 heteroatoms. The molecule has 8 atom stereocenters. The zero-order chi connectivity index (χ0) is 67.2. The molecule has 0 bridgehead atoms. The molecule has 4 aromatic rings. The summed E-state index contributed by atoms with van der Waals surface area (Å²) in [5.74, 6) is -14.2. The number of aliphatic hydroxyl groups is 1. The largest absolute Gasteiger partial charge is 0.480 e. The number of aliphatic carboxylic acids is 1. The van der Waals surface area contributed by atoms with Gasteiger partial charge in [0, 0.05) is 61.4 Å². The fraction of sp³-hybridized carbons (Fsp3) is 0.473. The van der Waals surface area contributed by atoms with Gasteiger partial charge in [-0.05, 0) is 30.2 Å². The normalized spacial score (nSPS) is 13.6. The van der Waals surface area contributed by atoms with Crippen molar-refractivity contribution in [3.05, 3.63) is 90.5 Å². The van der Waals surface area contributed by atoms with Crippen molar-refractivity contribution in [2.45, 2.75) is 115 Å². The molecule has 0 fully saturated rings. The Morgan fingerprint density at radius 2 is 0.813 bits per heavy atom. The smallest absolute Gasteiger partial charge is 0.322 e. The minimum absolute atomic E-state index is 0.130. The molecule has 0 saturated heterocycles. The van der Waals surface area contributed by atoms with E-state index in [2.05, 4.69) is 93.7 Å². The van der Waals surface area contributed by atoms with E-state index in [0.717, 1.165) is 5.56 Å². The molecule has 3 heterocycles. The molecule has 3 aromatic heterocycles. The van der Waals surface area contributed by atoms with Crippen LogP contribution in [0.25, 0.3) is 0 Å². The summed E-state index contributed by atoms with van der Waals surface area (Å²) in [5.41, 5.74) is 13.2. The third-order valence-corrected chi connectivity index (χ3v) is 13.3. The highest BCUT2D eigenvalue weighted by Crippen LogP contribution is 2.09. The first-order valence-electron chi connectivity index (χ1n) is 28.5. The van der Waals surface area contributed by atoms with Gasteiger partial charge < -0.3 is 100 Å². The number of carbonyl (C=O) groups is 14. The molecular weight excluding hydrogens is 1200 g/mol. The van der Waals surface area contributed by atoms with Crippen molar-refractivity contribution in [1.29, 1.82) is 0 Å². The third-order valence-electron chi connectivity index (χ3n) is 13.3. The van der Waals surface area contributed by atoms with Crippen LogP contribution in [0, 0.1) is 11.8 Å². The summed E-state index contributed by atoms with van der Waals surface area (Å²) in [6.07, 6.45) is 6.62. The van der Waals surface area contributed by atoms with Crippen LogP contribution in [0.3, 0.4) is 0 Å². The highest BCUT2D eigenvalue weighted by Gasteiger charge is 2.34. The van der Waals surface area contributed by atoms with Gasteiger partial charge in [0.15, 0.2) is 0 Å². The molecule has 494 valence electrons. The van der Waals surface area contributed by atoms with Gasteiger partial charge in [-0.1, -0.05) is 58.0 Å². The number of nitrogens with zero attached hydrogens (tertiary/aromatic N) is 3. The predicted molar refractivity (Wildman–Crippen MR) is 316 cm³/mol. The fourth-order valence-corrected chi connectivity index (χ4v) is 8.45. The van der Waals surface area contributed by atoms with Crippen molar-refractivity contribution in [3.8, 4) is 0 Å². The molecule has 0 spiro atoms. The van der Waals surface area contributed by atoms with E-state index >= 15 is 0 Å². The number of benzene rings is 1. The van der Waals surface area contributed by atoms with Crippen LogP contribution in [0.2, 0.25) is 0 Å². The van der Waals surface area contributed by atoms with Crippen LogP contribution in [0.15, 0.2) is 67.9 Å². The number of H-pyrrole nitrogens is 3. The number of amides is 13. The molecule has 1 aromatic carbocycles. The summed E-state index contributed by atoms with van der Waals surface area (Å²) in [6.45, 7) is 1.69. The minimum atomic E-state index is -1.64. The van der Waals surface area contributed by atoms with Crippen molar-refractivity contribution in [2.24, 2.45) is 23.3 Å². The Morgan fingerprint density at radius 1 is 0.451 bits per heavy atom. The number of aromatic nitrogens is 6. The Labute approximate surface area is 520 Å². The van der Waals surface area contributed by atoms with Gasteiger partial charge in [0.25, 0.3) is 0 Å². The van der Waals surface area contributed by atoms with Crippen molar-refractivity contribution in [3.63, 3.8) is 0 Å². The van der Waals surface area contributed by atoms with Crippen molar-refractivity contribution in [2.75, 3.05) is 39.3 Å². The maximum atomic E-state index is 13.9. The number of carboxylic acids is 1. The van der Waals surface area contributed by atoms with E-state index in [9.17, 15) is 72.2 Å². The van der Waals surface area contributed by atoms with Gasteiger partial charge in [-0.15, -0.1) is 0 Å². The van der Waals surface area contributed by atoms with Gasteiger partial charge >= 0.3 is 5.97 Å². The quantitative estimate of drug-likeness (QED) is 0.0197. The molecule has 0 aliphatic carbocycles. The number of hydrogen-bond acceptors (Lipinski definition) is 19. The van der Waals surface area contributed by atoms with Crippen LogP contribution in [0.4, 0.5) is 0 Å². The first kappa shape index (κ1) is 72.8. The summed E-state index contributed by atoms with van der Waals surface area (Å²) in [6, 6.07) is -2.09. The van der Waals surface area contributed by atoms with E-state index in [1.807, 2.05) is 0 Å². The number of primary amides is 1. The number of carbonyl (C=O) groups excluding carboxylic acids is 13. The predicted octanol–water partition coefficient (Wildman–Crippen LogP) is -7.92. The van der Waals surface area contributed by atoms with E-state index in [1.54, 1.807) is 58.0 Å². The molecule has 91 heavy (non-hydrogen) atoms. The molecule has 36 nitrogen and oxygen atoms in total. The highest BCUT2D eigenvalue weighted by molar-refractivity contribution is 5.98. The summed E-state index contributed by atoms with van der Waals surface area (Å²) in [4.78, 5) is 203. The zero-order valence-corrected chi connectivity index (χ0v) is 50.2. The first-order valence-corrected chi connectivity index (χ1v) is 28.5. The van der Waals surface area contributed by atoms with Gasteiger partial charge in [-0.2, -0.15) is 0 Å². The molecule has 4 rings (SSSR count). The Hall–Kier alpha value is -10.7. The third kappa shape index (κ3) is 26.3. The van der Waals surface area contributed by atoms with Crippen LogP contribution in [-0.4, -0.2) is 211 Å². The van der Waals surface area contributed by atoms with Crippen molar-refractivity contribution in [1.82, 2.24) is 93.7 Å². The SMILES string of the molecule is CC(C)[C@H](NC(=O)CNC(=O)[C@@H](N)Cc1ccccc1)C(=O)N[C@@H](CO)C(=O)NCC(=O)N[C@@H](Cc1cnc[nH]1)C(=O)NCC(=O)N[C@@H](CCC(N)=O)C(=O)N[C@@H](Cc1cnc[nH]1)C(=O)NCC(=O)N[C@H](C(=O)N[C@@H](Cc1cnc[nH]1)C(=O)NCC(=O)O)C(C)C. The van der Waals surface area contributed by atoms with E-state index < -0.39 is 195 Å². The number of nitrogens with two attached hydrogens (primary N) is 2. The average molecular weight is 1280 g/mol. The maximum absolute atomic E-state index is 13.9. The van der Waals surface area contributed by atoms with Gasteiger partial charge in [0.05, 0.1) is 57.8 Å². The van der Waals surface area contributed by atoms with Crippen LogP contribution < -0.4 is 75.3 Å². The minimum Gasteiger partial charge on any atom is -0.480 e. The Balaban J connectivity index is 1.34. The fourth-order valence-electron chi connectivity index (χ4n) is 8.45. The first-order chi connectivity index (χ1) is 43.2. The lowest BCUT2D eigenvalue weighted by Crippen LogP contribution is -2.58. The van der Waals surface area contributed by atoms with Crippen LogP contribution in [0.1, 0.15) is 63.2 Å². The standard InChI is InChI=1S/C55H78N20O16/c1-28(2)46(54(90)72-38(15-33-18-60-27-68-33)51(87)65-23-45(82)83)75-44(81)22-63-50(86)37(14-32-17-59-26-67-32)71-53(89)35(10-11-40(57)77)69-41(78)19-62-49(85)36(13-31-16-58-25-66-31)70-42(79)20-64-52(88)39(24-76)73-55(91)47(29(3)4)74-43(80)21-61-48(84)34(56)12-30-8-6-5-7-9-30/h5-9,16-18,25-29,34-39,46-47,76H,10-15,19-24,56H2,1-4H3,(H2,57,77)(H,58,66)(H,59,67)(H,60,68)(H,61,84)(H,62,85)(H,63,86)(H,64,88)(H,65,87)(H,69,78)(H,70,79)(H,71,89)(H,72,90)(H,73,91)(H,74,80)(H,75,81)(H,82,83)/t34-,35-,36-,37-,38-,39-,46-,47-/m0/s1. The molecule has 0 aliphatic rings. The maximum Gasteiger partial charge on any atom is 0.322 e. The van der Waals surface area contributed by atoms with Gasteiger partial charge in [0.2, 0.25) is 76.8 Å². The van der Waals surface area contributed by atoms with Gasteiger partial charge in [0.1, 0.15) is 48.8 Å². The van der Waals surface area contributed by atoms with Crippen LogP contribution in [-0.2, 0) is 92.8 Å². The number of rotatable bonds is 39. The molecule has 0 saturated carbocycles. The Kier molecular flexibility index (Phi) is 29.8. The summed E-state index contributed by atoms with van der Waals surface area (Å²) < 4.78 is 0. The summed E-state index contributed by atoms with van der Waals surface area (Å²) in [7, 11) is 0. The number of hydrogen-bond donors (Lipinski definition) is 19. The highest BCUT2D eigenvalue weighted by atomic mass is 16.4. The molecule has 0 radical (unpaired) electrons. The van der Waals surface area contributed by atoms with Crippen molar-refractivity contribution < 1.29 is 77.3 Å². The number of carboxylic acid groups (broad SMARTS) is 1. The average Bonchev–Trinajstić information content (AvgIpc) is 2.30. The summed E-state index contributed by atoms with van der Waals surface area (Å²) >= 11 is 0. The summed E-state index contributed by atoms with van der Waals surface area (Å²) in [5, 5.41) is 47.7.